The predicted molar refractivity (Wildman–Crippen MR) is 105 cm³/mol. The normalized spacial score (nSPS) is 10.8. The van der Waals surface area contributed by atoms with E-state index < -0.39 is 11.7 Å². The SMILES string of the molecule is COc1ccc(-n2nc3ccc(NC(=O)c4cccc(F)c4)cc3n2)cc1Cl. The van der Waals surface area contributed by atoms with E-state index in [2.05, 4.69) is 15.5 Å². The zero-order chi connectivity index (χ0) is 19.7. The molecular formula is C20H14ClFN4O2. The zero-order valence-electron chi connectivity index (χ0n) is 14.7. The number of hydrogen-bond acceptors (Lipinski definition) is 4. The number of amides is 1. The maximum absolute atomic E-state index is 13.3. The number of rotatable bonds is 4. The lowest BCUT2D eigenvalue weighted by Crippen LogP contribution is -2.11. The molecule has 0 aliphatic rings. The van der Waals surface area contributed by atoms with Gasteiger partial charge >= 0.3 is 0 Å². The number of ether oxygens (including phenoxy) is 1. The minimum Gasteiger partial charge on any atom is -0.495 e. The van der Waals surface area contributed by atoms with Crippen LogP contribution >= 0.6 is 11.6 Å². The van der Waals surface area contributed by atoms with Crippen LogP contribution in [0.1, 0.15) is 10.4 Å². The van der Waals surface area contributed by atoms with Crippen molar-refractivity contribution in [1.82, 2.24) is 15.0 Å². The van der Waals surface area contributed by atoms with Gasteiger partial charge in [0.05, 0.1) is 17.8 Å². The molecule has 28 heavy (non-hydrogen) atoms. The number of hydrogen-bond donors (Lipinski definition) is 1. The molecule has 1 amide bonds. The Labute approximate surface area is 164 Å². The summed E-state index contributed by atoms with van der Waals surface area (Å²) in [6.45, 7) is 0. The highest BCUT2D eigenvalue weighted by Crippen LogP contribution is 2.27. The van der Waals surface area contributed by atoms with E-state index in [-0.39, 0.29) is 5.56 Å². The number of nitrogens with zero attached hydrogens (tertiary/aromatic N) is 3. The van der Waals surface area contributed by atoms with Crippen LogP contribution in [0.25, 0.3) is 16.7 Å². The van der Waals surface area contributed by atoms with Gasteiger partial charge in [-0.1, -0.05) is 17.7 Å². The minimum absolute atomic E-state index is 0.233. The second-order valence-electron chi connectivity index (χ2n) is 5.98. The molecule has 8 heteroatoms. The van der Waals surface area contributed by atoms with Crippen molar-refractivity contribution in [2.24, 2.45) is 0 Å². The van der Waals surface area contributed by atoms with Gasteiger partial charge in [0.25, 0.3) is 5.91 Å². The molecule has 3 aromatic carbocycles. The summed E-state index contributed by atoms with van der Waals surface area (Å²) >= 11 is 6.16. The third kappa shape index (κ3) is 3.52. The van der Waals surface area contributed by atoms with Gasteiger partial charge in [-0.2, -0.15) is 4.80 Å². The second kappa shape index (κ2) is 7.28. The van der Waals surface area contributed by atoms with E-state index in [0.29, 0.717) is 33.2 Å². The molecule has 1 heterocycles. The smallest absolute Gasteiger partial charge is 0.255 e. The van der Waals surface area contributed by atoms with Gasteiger partial charge in [-0.25, -0.2) is 4.39 Å². The van der Waals surface area contributed by atoms with E-state index in [1.807, 2.05) is 0 Å². The quantitative estimate of drug-likeness (QED) is 0.552. The third-order valence-electron chi connectivity index (χ3n) is 4.09. The van der Waals surface area contributed by atoms with Crippen LogP contribution in [0, 0.1) is 5.82 Å². The van der Waals surface area contributed by atoms with E-state index in [9.17, 15) is 9.18 Å². The lowest BCUT2D eigenvalue weighted by molar-refractivity contribution is 0.102. The van der Waals surface area contributed by atoms with Gasteiger partial charge in [-0.15, -0.1) is 10.2 Å². The van der Waals surface area contributed by atoms with E-state index in [4.69, 9.17) is 16.3 Å². The number of carbonyl (C=O) groups is 1. The molecule has 0 saturated carbocycles. The summed E-state index contributed by atoms with van der Waals surface area (Å²) in [7, 11) is 1.54. The Kier molecular flexibility index (Phi) is 4.67. The fourth-order valence-electron chi connectivity index (χ4n) is 2.72. The summed E-state index contributed by atoms with van der Waals surface area (Å²) in [5.41, 5.74) is 2.67. The maximum Gasteiger partial charge on any atom is 0.255 e. The number of fused-ring (bicyclic) bond motifs is 1. The van der Waals surface area contributed by atoms with E-state index >= 15 is 0 Å². The standard InChI is InChI=1S/C20H14ClFN4O2/c1-28-19-8-6-15(11-16(19)21)26-24-17-7-5-14(10-18(17)25-26)23-20(27)12-3-2-4-13(22)9-12/h2-11H,1H3,(H,23,27). The molecule has 0 aliphatic carbocycles. The Morgan fingerprint density at radius 1 is 1.07 bits per heavy atom. The number of nitrogens with one attached hydrogen (secondary N) is 1. The average molecular weight is 397 g/mol. The van der Waals surface area contributed by atoms with Crippen molar-refractivity contribution in [1.29, 1.82) is 0 Å². The number of benzene rings is 3. The Bertz CT molecular complexity index is 1190. The fourth-order valence-corrected chi connectivity index (χ4v) is 2.97. The third-order valence-corrected chi connectivity index (χ3v) is 4.39. The van der Waals surface area contributed by atoms with Crippen molar-refractivity contribution in [2.45, 2.75) is 0 Å². The van der Waals surface area contributed by atoms with Crippen LogP contribution in [0.5, 0.6) is 5.75 Å². The average Bonchev–Trinajstić information content (AvgIpc) is 3.11. The molecule has 0 bridgehead atoms. The monoisotopic (exact) mass is 396 g/mol. The van der Waals surface area contributed by atoms with Gasteiger partial charge in [0.2, 0.25) is 0 Å². The molecule has 140 valence electrons. The first-order valence-electron chi connectivity index (χ1n) is 8.31. The highest BCUT2D eigenvalue weighted by Gasteiger charge is 2.11. The Hall–Kier alpha value is -3.45. The Morgan fingerprint density at radius 2 is 1.89 bits per heavy atom. The number of carbonyl (C=O) groups excluding carboxylic acids is 1. The highest BCUT2D eigenvalue weighted by molar-refractivity contribution is 6.32. The summed E-state index contributed by atoms with van der Waals surface area (Å²) in [6.07, 6.45) is 0. The van der Waals surface area contributed by atoms with Crippen molar-refractivity contribution in [3.05, 3.63) is 77.1 Å². The molecule has 4 aromatic rings. The summed E-state index contributed by atoms with van der Waals surface area (Å²) in [4.78, 5) is 13.7. The molecule has 0 saturated heterocycles. The first-order valence-corrected chi connectivity index (χ1v) is 8.69. The van der Waals surface area contributed by atoms with Crippen molar-refractivity contribution < 1.29 is 13.9 Å². The van der Waals surface area contributed by atoms with Crippen LogP contribution in [0.15, 0.2) is 60.7 Å². The highest BCUT2D eigenvalue weighted by atomic mass is 35.5. The zero-order valence-corrected chi connectivity index (χ0v) is 15.4. The Balaban J connectivity index is 1.61. The van der Waals surface area contributed by atoms with Gasteiger partial charge in [0.1, 0.15) is 22.6 Å². The molecule has 0 radical (unpaired) electrons. The van der Waals surface area contributed by atoms with Crippen molar-refractivity contribution >= 4 is 34.2 Å². The summed E-state index contributed by atoms with van der Waals surface area (Å²) in [5.74, 6) is -0.318. The van der Waals surface area contributed by atoms with Crippen LogP contribution < -0.4 is 10.1 Å². The largest absolute Gasteiger partial charge is 0.495 e. The number of anilines is 1. The molecule has 6 nitrogen and oxygen atoms in total. The molecule has 4 rings (SSSR count). The minimum atomic E-state index is -0.468. The van der Waals surface area contributed by atoms with Gasteiger partial charge in [0, 0.05) is 11.3 Å². The van der Waals surface area contributed by atoms with Crippen molar-refractivity contribution in [2.75, 3.05) is 12.4 Å². The van der Waals surface area contributed by atoms with Gasteiger partial charge in [-0.3, -0.25) is 4.79 Å². The molecule has 0 spiro atoms. The van der Waals surface area contributed by atoms with Crippen LogP contribution in [-0.4, -0.2) is 28.0 Å². The number of aromatic nitrogens is 3. The van der Waals surface area contributed by atoms with Crippen molar-refractivity contribution in [3.8, 4) is 11.4 Å². The van der Waals surface area contributed by atoms with Gasteiger partial charge in [-0.05, 0) is 54.6 Å². The number of halogens is 2. The Morgan fingerprint density at radius 3 is 2.64 bits per heavy atom. The van der Waals surface area contributed by atoms with Crippen LogP contribution in [-0.2, 0) is 0 Å². The summed E-state index contributed by atoms with van der Waals surface area (Å²) in [6, 6.07) is 15.9. The van der Waals surface area contributed by atoms with Crippen LogP contribution in [0.3, 0.4) is 0 Å². The molecule has 1 N–H and O–H groups in total. The molecular weight excluding hydrogens is 383 g/mol. The molecule has 0 unspecified atom stereocenters. The lowest BCUT2D eigenvalue weighted by Gasteiger charge is -2.05. The molecule has 0 atom stereocenters. The first kappa shape index (κ1) is 17.9. The van der Waals surface area contributed by atoms with Crippen LogP contribution in [0.2, 0.25) is 5.02 Å². The predicted octanol–water partition coefficient (Wildman–Crippen LogP) is 4.47. The first-order chi connectivity index (χ1) is 13.5. The molecule has 0 aliphatic heterocycles. The van der Waals surface area contributed by atoms with Gasteiger partial charge < -0.3 is 10.1 Å². The van der Waals surface area contributed by atoms with E-state index in [1.165, 1.54) is 23.0 Å². The topological polar surface area (TPSA) is 69.0 Å². The molecule has 1 aromatic heterocycles. The van der Waals surface area contributed by atoms with Crippen molar-refractivity contribution in [3.63, 3.8) is 0 Å². The fraction of sp³-hybridized carbons (Fsp3) is 0.0500. The van der Waals surface area contributed by atoms with Gasteiger partial charge in [0.15, 0.2) is 0 Å². The molecule has 0 fully saturated rings. The summed E-state index contributed by atoms with van der Waals surface area (Å²) < 4.78 is 18.4. The van der Waals surface area contributed by atoms with Crippen LogP contribution in [0.4, 0.5) is 10.1 Å². The second-order valence-corrected chi connectivity index (χ2v) is 6.38. The lowest BCUT2D eigenvalue weighted by atomic mass is 10.2. The number of methoxy groups -OCH3 is 1. The van der Waals surface area contributed by atoms with E-state index in [0.717, 1.165) is 0 Å². The van der Waals surface area contributed by atoms with E-state index in [1.54, 1.807) is 49.6 Å². The maximum atomic E-state index is 13.3. The summed E-state index contributed by atoms with van der Waals surface area (Å²) in [5, 5.41) is 12.0.